The molecule has 2 saturated carbocycles. The summed E-state index contributed by atoms with van der Waals surface area (Å²) in [5, 5.41) is 29.2. The van der Waals surface area contributed by atoms with Crippen LogP contribution in [0.3, 0.4) is 0 Å². The summed E-state index contributed by atoms with van der Waals surface area (Å²) in [6, 6.07) is 5.82. The largest absolute Gasteiger partial charge is 0.492 e. The molecule has 1 saturated heterocycles. The van der Waals surface area contributed by atoms with Crippen LogP contribution in [0.15, 0.2) is 30.9 Å². The number of rotatable bonds is 8. The van der Waals surface area contributed by atoms with Crippen LogP contribution >= 0.6 is 0 Å². The third kappa shape index (κ3) is 5.46. The molecule has 2 aliphatic heterocycles. The van der Waals surface area contributed by atoms with Gasteiger partial charge in [0, 0.05) is 22.9 Å². The van der Waals surface area contributed by atoms with E-state index in [1.54, 1.807) is 6.92 Å². The lowest BCUT2D eigenvalue weighted by Gasteiger charge is -2.64. The van der Waals surface area contributed by atoms with Crippen molar-refractivity contribution in [1.82, 2.24) is 5.32 Å². The van der Waals surface area contributed by atoms with Crippen LogP contribution < -0.4 is 16.1 Å². The Morgan fingerprint density at radius 3 is 2.57 bits per heavy atom. The lowest BCUT2D eigenvalue weighted by atomic mass is 9.42. The average molecular weight is 609 g/mol. The maximum atomic E-state index is 13.6. The van der Waals surface area contributed by atoms with Crippen LogP contribution in [0.1, 0.15) is 92.1 Å². The van der Waals surface area contributed by atoms with Gasteiger partial charge in [-0.15, -0.1) is 6.58 Å². The van der Waals surface area contributed by atoms with Crippen molar-refractivity contribution in [2.75, 3.05) is 25.0 Å². The lowest BCUT2D eigenvalue weighted by molar-refractivity contribution is -0.212. The number of benzene rings is 1. The van der Waals surface area contributed by atoms with Gasteiger partial charge in [-0.25, -0.2) is 0 Å². The molecule has 4 N–H and O–H groups in total. The molecular formula is C35H53BN2O6. The summed E-state index contributed by atoms with van der Waals surface area (Å²) in [6.45, 7) is 18.3. The minimum atomic E-state index is -0.991. The van der Waals surface area contributed by atoms with Gasteiger partial charge in [-0.05, 0) is 105 Å². The molecule has 0 amide bonds. The Morgan fingerprint density at radius 1 is 1.20 bits per heavy atom. The number of esters is 1. The second kappa shape index (κ2) is 12.2. The predicted molar refractivity (Wildman–Crippen MR) is 173 cm³/mol. The number of Topliss-reactive ketones (excluding diaryl/α,β-unsaturated/α-hetero) is 1. The molecule has 2 aliphatic carbocycles. The maximum absolute atomic E-state index is 13.6. The van der Waals surface area contributed by atoms with Crippen molar-refractivity contribution in [2.45, 2.75) is 104 Å². The number of ketones is 1. The highest BCUT2D eigenvalue weighted by atomic mass is 16.5. The predicted octanol–water partition coefficient (Wildman–Crippen LogP) is 4.33. The molecule has 2 heterocycles. The Labute approximate surface area is 263 Å². The molecule has 242 valence electrons. The van der Waals surface area contributed by atoms with Crippen molar-refractivity contribution in [3.8, 4) is 0 Å². The molecule has 4 aliphatic rings. The van der Waals surface area contributed by atoms with Gasteiger partial charge in [-0.1, -0.05) is 46.8 Å². The van der Waals surface area contributed by atoms with E-state index in [1.807, 2.05) is 31.2 Å². The highest BCUT2D eigenvalue weighted by Gasteiger charge is 2.62. The monoisotopic (exact) mass is 608 g/mol. The topological polar surface area (TPSA) is 117 Å². The number of carbonyl (C=O) groups excluding carboxylic acids is 2. The van der Waals surface area contributed by atoms with Gasteiger partial charge in [0.05, 0.1) is 11.7 Å². The zero-order valence-electron chi connectivity index (χ0n) is 27.6. The lowest BCUT2D eigenvalue weighted by Crippen LogP contribution is -2.62. The first-order valence-corrected chi connectivity index (χ1v) is 16.7. The Bertz CT molecular complexity index is 1270. The molecule has 0 aromatic heterocycles. The number of hydrogen-bond donors (Lipinski definition) is 4. The molecule has 3 fully saturated rings. The summed E-state index contributed by atoms with van der Waals surface area (Å²) in [7, 11) is -0.991. The van der Waals surface area contributed by atoms with Crippen LogP contribution in [0.25, 0.3) is 0 Å². The van der Waals surface area contributed by atoms with E-state index in [-0.39, 0.29) is 46.9 Å². The van der Waals surface area contributed by atoms with Crippen molar-refractivity contribution >= 4 is 30.0 Å². The van der Waals surface area contributed by atoms with E-state index in [4.69, 9.17) is 9.39 Å². The first-order chi connectivity index (χ1) is 20.7. The first-order valence-electron chi connectivity index (χ1n) is 16.7. The normalized spacial score (nSPS) is 37.9. The van der Waals surface area contributed by atoms with Crippen molar-refractivity contribution in [3.63, 3.8) is 0 Å². The minimum Gasteiger partial charge on any atom is -0.460 e. The highest BCUT2D eigenvalue weighted by Crippen LogP contribution is 2.65. The number of nitrogens with one attached hydrogen (secondary N) is 2. The number of ether oxygens (including phenoxy) is 1. The molecule has 8 atom stereocenters. The van der Waals surface area contributed by atoms with Crippen molar-refractivity contribution in [1.29, 1.82) is 0 Å². The van der Waals surface area contributed by atoms with Gasteiger partial charge in [0.2, 0.25) is 0 Å². The molecule has 0 unspecified atom stereocenters. The number of carbonyl (C=O) groups is 2. The first kappa shape index (κ1) is 33.2. The molecule has 1 aromatic rings. The second-order valence-corrected chi connectivity index (χ2v) is 15.0. The standard InChI is InChI=1S/C35H53BN2O6/c1-8-32(6)20-29(33(7)22(2)11-13-34(25(33)5,14-12-23(3)39)24(4)31(32)41)43-30(40)21-38-26-9-10-27-28(19-26)36(42)44-35(27)15-17-37-18-16-35/h8-10,19,22,24-25,29,31,37-38,41-42H,1,11-18,20-21H2,2-7H3/t22-,24+,25+,29-,31+,32-,33-,34+/m1/s1. The van der Waals surface area contributed by atoms with Crippen molar-refractivity contribution in [2.24, 2.45) is 34.0 Å². The highest BCUT2D eigenvalue weighted by molar-refractivity contribution is 6.62. The zero-order valence-corrected chi connectivity index (χ0v) is 27.6. The Hall–Kier alpha value is -2.20. The molecule has 0 radical (unpaired) electrons. The molecular weight excluding hydrogens is 555 g/mol. The van der Waals surface area contributed by atoms with Gasteiger partial charge in [0.1, 0.15) is 18.4 Å². The molecule has 44 heavy (non-hydrogen) atoms. The summed E-state index contributed by atoms with van der Waals surface area (Å²) in [4.78, 5) is 25.8. The van der Waals surface area contributed by atoms with E-state index in [0.29, 0.717) is 19.3 Å². The van der Waals surface area contributed by atoms with E-state index in [2.05, 4.69) is 44.9 Å². The number of hydrogen-bond acceptors (Lipinski definition) is 8. The van der Waals surface area contributed by atoms with Gasteiger partial charge in [0.25, 0.3) is 0 Å². The van der Waals surface area contributed by atoms with Crippen LogP contribution in [-0.2, 0) is 24.6 Å². The summed E-state index contributed by atoms with van der Waals surface area (Å²) in [5.74, 6) is 0.146. The number of anilines is 1. The van der Waals surface area contributed by atoms with Crippen LogP contribution in [0.5, 0.6) is 0 Å². The van der Waals surface area contributed by atoms with Crippen LogP contribution in [0.4, 0.5) is 5.69 Å². The summed E-state index contributed by atoms with van der Waals surface area (Å²) in [6.07, 6.45) is 5.85. The number of aliphatic hydroxyl groups excluding tert-OH is 1. The summed E-state index contributed by atoms with van der Waals surface area (Å²) >= 11 is 0. The van der Waals surface area contributed by atoms with Crippen molar-refractivity contribution in [3.05, 3.63) is 36.4 Å². The fourth-order valence-corrected chi connectivity index (χ4v) is 9.48. The van der Waals surface area contributed by atoms with E-state index in [1.165, 1.54) is 0 Å². The Morgan fingerprint density at radius 2 is 1.91 bits per heavy atom. The van der Waals surface area contributed by atoms with E-state index < -0.39 is 30.3 Å². The van der Waals surface area contributed by atoms with Gasteiger partial charge in [-0.3, -0.25) is 4.79 Å². The summed E-state index contributed by atoms with van der Waals surface area (Å²) in [5.41, 5.74) is 0.736. The smallest absolute Gasteiger partial charge is 0.460 e. The second-order valence-electron chi connectivity index (χ2n) is 15.0. The average Bonchev–Trinajstić information content (AvgIpc) is 3.26. The van der Waals surface area contributed by atoms with Crippen LogP contribution in [-0.4, -0.2) is 60.8 Å². The Kier molecular flexibility index (Phi) is 9.20. The fraction of sp³-hybridized carbons (Fsp3) is 0.714. The SMILES string of the molecule is C=C[C@]1(C)C[C@@H](OC(=O)CNc2ccc3c(c2)B(O)OC32CCNCC2)[C@]2(C)[C@H](C)CC[C@@](CCC(C)=O)([C@H]2C)[C@@H](C)[C@@H]1O. The quantitative estimate of drug-likeness (QED) is 0.196. The molecule has 5 rings (SSSR count). The van der Waals surface area contributed by atoms with Crippen molar-refractivity contribution < 1.29 is 29.1 Å². The molecule has 9 heteroatoms. The van der Waals surface area contributed by atoms with E-state index >= 15 is 0 Å². The number of piperidine rings is 1. The van der Waals surface area contributed by atoms with Gasteiger partial charge >= 0.3 is 13.1 Å². The van der Waals surface area contributed by atoms with Gasteiger partial charge in [0.15, 0.2) is 0 Å². The number of aliphatic hydroxyl groups is 1. The molecule has 1 aromatic carbocycles. The maximum Gasteiger partial charge on any atom is 0.492 e. The fourth-order valence-electron chi connectivity index (χ4n) is 9.48. The van der Waals surface area contributed by atoms with Crippen LogP contribution in [0.2, 0.25) is 0 Å². The third-order valence-corrected chi connectivity index (χ3v) is 13.0. The van der Waals surface area contributed by atoms with Gasteiger partial charge in [-0.2, -0.15) is 0 Å². The van der Waals surface area contributed by atoms with Gasteiger partial charge < -0.3 is 34.9 Å². The van der Waals surface area contributed by atoms with E-state index in [0.717, 1.165) is 55.5 Å². The summed E-state index contributed by atoms with van der Waals surface area (Å²) < 4.78 is 12.5. The molecule has 2 bridgehead atoms. The zero-order chi connectivity index (χ0) is 32.1. The molecule has 1 spiro atoms. The van der Waals surface area contributed by atoms with Crippen LogP contribution in [0, 0.1) is 34.0 Å². The minimum absolute atomic E-state index is 0.0284. The number of fused-ring (bicyclic) bond motifs is 4. The Balaban J connectivity index is 1.38. The third-order valence-electron chi connectivity index (χ3n) is 13.0. The molecule has 8 nitrogen and oxygen atoms in total. The van der Waals surface area contributed by atoms with E-state index in [9.17, 15) is 19.7 Å².